The standard InChI is InChI=1S/C17H27BrO2/c1-16(2,3)12-7-8-15(20-11-13(19)10-18)14(9-12)17(4,5)6/h7-9,13,19H,10-11H2,1-6H3. The minimum absolute atomic E-state index is 0.00987. The second-order valence-electron chi connectivity index (χ2n) is 7.33. The quantitative estimate of drug-likeness (QED) is 0.821. The van der Waals surface area contributed by atoms with E-state index in [2.05, 4.69) is 69.6 Å². The molecule has 1 aromatic rings. The third-order valence-corrected chi connectivity index (χ3v) is 4.01. The van der Waals surface area contributed by atoms with Crippen LogP contribution in [0.4, 0.5) is 0 Å². The number of halogens is 1. The number of ether oxygens (including phenoxy) is 1. The van der Waals surface area contributed by atoms with Crippen molar-refractivity contribution >= 4 is 15.9 Å². The highest BCUT2D eigenvalue weighted by Crippen LogP contribution is 2.35. The lowest BCUT2D eigenvalue weighted by Crippen LogP contribution is -2.22. The summed E-state index contributed by atoms with van der Waals surface area (Å²) >= 11 is 3.25. The second kappa shape index (κ2) is 6.48. The molecule has 1 aromatic carbocycles. The lowest BCUT2D eigenvalue weighted by atomic mass is 9.80. The number of hydrogen-bond acceptors (Lipinski definition) is 2. The van der Waals surface area contributed by atoms with E-state index in [0.717, 1.165) is 5.75 Å². The zero-order chi connectivity index (χ0) is 15.6. The van der Waals surface area contributed by atoms with Gasteiger partial charge < -0.3 is 9.84 Å². The van der Waals surface area contributed by atoms with Crippen LogP contribution in [0.5, 0.6) is 5.75 Å². The molecule has 0 aromatic heterocycles. The van der Waals surface area contributed by atoms with Crippen molar-refractivity contribution in [2.24, 2.45) is 0 Å². The van der Waals surface area contributed by atoms with Crippen LogP contribution in [-0.4, -0.2) is 23.1 Å². The van der Waals surface area contributed by atoms with Crippen molar-refractivity contribution < 1.29 is 9.84 Å². The number of rotatable bonds is 4. The summed E-state index contributed by atoms with van der Waals surface area (Å²) in [5.41, 5.74) is 2.62. The van der Waals surface area contributed by atoms with Crippen molar-refractivity contribution in [3.63, 3.8) is 0 Å². The van der Waals surface area contributed by atoms with Crippen molar-refractivity contribution in [1.82, 2.24) is 0 Å². The lowest BCUT2D eigenvalue weighted by Gasteiger charge is -2.27. The van der Waals surface area contributed by atoms with Crippen LogP contribution in [0.3, 0.4) is 0 Å². The predicted molar refractivity (Wildman–Crippen MR) is 89.1 cm³/mol. The third kappa shape index (κ3) is 4.78. The summed E-state index contributed by atoms with van der Waals surface area (Å²) in [6.45, 7) is 13.5. The van der Waals surface area contributed by atoms with E-state index in [9.17, 15) is 5.11 Å². The molecule has 0 spiro atoms. The zero-order valence-corrected chi connectivity index (χ0v) is 15.0. The Morgan fingerprint density at radius 1 is 1.10 bits per heavy atom. The molecule has 1 atom stereocenters. The number of aliphatic hydroxyl groups excluding tert-OH is 1. The van der Waals surface area contributed by atoms with Gasteiger partial charge in [0, 0.05) is 5.33 Å². The summed E-state index contributed by atoms with van der Waals surface area (Å²) in [7, 11) is 0. The third-order valence-electron chi connectivity index (χ3n) is 3.26. The smallest absolute Gasteiger partial charge is 0.123 e. The lowest BCUT2D eigenvalue weighted by molar-refractivity contribution is 0.126. The fourth-order valence-electron chi connectivity index (χ4n) is 1.94. The molecule has 0 aliphatic carbocycles. The SMILES string of the molecule is CC(C)(C)c1ccc(OCC(O)CBr)c(C(C)(C)C)c1. The Bertz CT molecular complexity index is 441. The van der Waals surface area contributed by atoms with Crippen molar-refractivity contribution in [2.75, 3.05) is 11.9 Å². The highest BCUT2D eigenvalue weighted by molar-refractivity contribution is 9.09. The van der Waals surface area contributed by atoms with Crippen molar-refractivity contribution in [2.45, 2.75) is 58.5 Å². The first-order valence-corrected chi connectivity index (χ1v) is 8.19. The van der Waals surface area contributed by atoms with Crippen LogP contribution in [0.15, 0.2) is 18.2 Å². The van der Waals surface area contributed by atoms with Gasteiger partial charge in [0.05, 0.1) is 6.10 Å². The monoisotopic (exact) mass is 342 g/mol. The molecule has 1 unspecified atom stereocenters. The Morgan fingerprint density at radius 3 is 2.15 bits per heavy atom. The first kappa shape index (κ1) is 17.5. The molecule has 1 N–H and O–H groups in total. The number of alkyl halides is 1. The molecule has 0 saturated heterocycles. The molecule has 0 fully saturated rings. The maximum Gasteiger partial charge on any atom is 0.123 e. The van der Waals surface area contributed by atoms with Crippen LogP contribution < -0.4 is 4.74 Å². The van der Waals surface area contributed by atoms with Crippen molar-refractivity contribution in [3.05, 3.63) is 29.3 Å². The predicted octanol–water partition coefficient (Wildman–Crippen LogP) is 4.42. The maximum absolute atomic E-state index is 9.62. The van der Waals surface area contributed by atoms with E-state index >= 15 is 0 Å². The summed E-state index contributed by atoms with van der Waals surface area (Å²) in [5.74, 6) is 0.866. The Hall–Kier alpha value is -0.540. The van der Waals surface area contributed by atoms with E-state index < -0.39 is 6.10 Å². The maximum atomic E-state index is 9.62. The van der Waals surface area contributed by atoms with E-state index in [-0.39, 0.29) is 10.8 Å². The minimum Gasteiger partial charge on any atom is -0.491 e. The Morgan fingerprint density at radius 2 is 1.70 bits per heavy atom. The van der Waals surface area contributed by atoms with Crippen molar-refractivity contribution in [1.29, 1.82) is 0 Å². The minimum atomic E-state index is -0.481. The highest BCUT2D eigenvalue weighted by Gasteiger charge is 2.23. The largest absolute Gasteiger partial charge is 0.491 e. The van der Waals surface area contributed by atoms with Gasteiger partial charge in [0.2, 0.25) is 0 Å². The van der Waals surface area contributed by atoms with Gasteiger partial charge in [0.15, 0.2) is 0 Å². The first-order chi connectivity index (χ1) is 9.05. The van der Waals surface area contributed by atoms with E-state index in [1.54, 1.807) is 0 Å². The van der Waals surface area contributed by atoms with Crippen LogP contribution in [0.2, 0.25) is 0 Å². The van der Waals surface area contributed by atoms with E-state index in [4.69, 9.17) is 4.74 Å². The van der Waals surface area contributed by atoms with Crippen LogP contribution >= 0.6 is 15.9 Å². The highest BCUT2D eigenvalue weighted by atomic mass is 79.9. The summed E-state index contributed by atoms with van der Waals surface area (Å²) < 4.78 is 5.80. The number of benzene rings is 1. The molecule has 0 aliphatic heterocycles. The Labute approximate surface area is 131 Å². The first-order valence-electron chi connectivity index (χ1n) is 7.07. The van der Waals surface area contributed by atoms with Gasteiger partial charge >= 0.3 is 0 Å². The Balaban J connectivity index is 3.12. The average molecular weight is 343 g/mol. The molecule has 3 heteroatoms. The van der Waals surface area contributed by atoms with Crippen LogP contribution in [-0.2, 0) is 10.8 Å². The van der Waals surface area contributed by atoms with Crippen LogP contribution in [0.25, 0.3) is 0 Å². The van der Waals surface area contributed by atoms with Crippen molar-refractivity contribution in [3.8, 4) is 5.75 Å². The molecule has 0 aliphatic rings. The van der Waals surface area contributed by atoms with Gasteiger partial charge in [-0.15, -0.1) is 0 Å². The van der Waals surface area contributed by atoms with Gasteiger partial charge in [0.25, 0.3) is 0 Å². The molecule has 0 bridgehead atoms. The van der Waals surface area contributed by atoms with Crippen LogP contribution in [0, 0.1) is 0 Å². The molecular weight excluding hydrogens is 316 g/mol. The number of aliphatic hydroxyl groups is 1. The fourth-order valence-corrected chi connectivity index (χ4v) is 2.13. The topological polar surface area (TPSA) is 29.5 Å². The van der Waals surface area contributed by atoms with Gasteiger partial charge in [-0.05, 0) is 28.0 Å². The molecule has 2 nitrogen and oxygen atoms in total. The summed E-state index contributed by atoms with van der Waals surface area (Å²) in [5, 5.41) is 10.2. The van der Waals surface area contributed by atoms with Gasteiger partial charge in [-0.25, -0.2) is 0 Å². The van der Waals surface area contributed by atoms with Crippen LogP contribution in [0.1, 0.15) is 52.7 Å². The molecule has 0 heterocycles. The summed E-state index contributed by atoms with van der Waals surface area (Å²) in [6.07, 6.45) is -0.481. The molecule has 20 heavy (non-hydrogen) atoms. The molecule has 0 radical (unpaired) electrons. The Kier molecular flexibility index (Phi) is 5.68. The second-order valence-corrected chi connectivity index (χ2v) is 7.98. The van der Waals surface area contributed by atoms with E-state index in [1.807, 2.05) is 6.07 Å². The van der Waals surface area contributed by atoms with Gasteiger partial charge in [-0.3, -0.25) is 0 Å². The summed E-state index contributed by atoms with van der Waals surface area (Å²) in [4.78, 5) is 0. The van der Waals surface area contributed by atoms with E-state index in [0.29, 0.717) is 11.9 Å². The zero-order valence-electron chi connectivity index (χ0n) is 13.5. The molecule has 0 saturated carbocycles. The normalized spacial score (nSPS) is 14.2. The summed E-state index contributed by atoms with van der Waals surface area (Å²) in [6, 6.07) is 6.38. The molecule has 1 rings (SSSR count). The average Bonchev–Trinajstić information content (AvgIpc) is 2.33. The van der Waals surface area contributed by atoms with Gasteiger partial charge in [-0.1, -0.05) is 69.6 Å². The van der Waals surface area contributed by atoms with Gasteiger partial charge in [-0.2, -0.15) is 0 Å². The number of hydrogen-bond donors (Lipinski definition) is 1. The molecule has 0 amide bonds. The fraction of sp³-hybridized carbons (Fsp3) is 0.647. The van der Waals surface area contributed by atoms with E-state index in [1.165, 1.54) is 11.1 Å². The molecule has 114 valence electrons. The molecular formula is C17H27BrO2. The van der Waals surface area contributed by atoms with Gasteiger partial charge in [0.1, 0.15) is 12.4 Å².